The summed E-state index contributed by atoms with van der Waals surface area (Å²) in [5.41, 5.74) is 0.957. The lowest BCUT2D eigenvalue weighted by molar-refractivity contribution is 0.0636. The Labute approximate surface area is 135 Å². The van der Waals surface area contributed by atoms with E-state index in [0.29, 0.717) is 17.0 Å². The third-order valence-corrected chi connectivity index (χ3v) is 4.28. The largest absolute Gasteiger partial charge is 0.269 e. The molecule has 21 heavy (non-hydrogen) atoms. The maximum absolute atomic E-state index is 12.5. The molecule has 2 aromatic rings. The van der Waals surface area contributed by atoms with Crippen LogP contribution in [0.5, 0.6) is 0 Å². The number of benzene rings is 1. The Kier molecular flexibility index (Phi) is 3.75. The van der Waals surface area contributed by atoms with Gasteiger partial charge < -0.3 is 0 Å². The lowest BCUT2D eigenvalue weighted by Gasteiger charge is -2.13. The number of aromatic nitrogens is 3. The average molecular weight is 396 g/mol. The number of rotatable bonds is 4. The number of carbonyl (C=O) groups is 2. The van der Waals surface area contributed by atoms with Gasteiger partial charge in [-0.2, -0.15) is 5.10 Å². The van der Waals surface area contributed by atoms with Crippen LogP contribution >= 0.6 is 22.6 Å². The van der Waals surface area contributed by atoms with Crippen molar-refractivity contribution >= 4 is 34.4 Å². The van der Waals surface area contributed by atoms with Crippen molar-refractivity contribution in [3.8, 4) is 0 Å². The average Bonchev–Trinajstić information content (AvgIpc) is 2.99. The predicted octanol–water partition coefficient (Wildman–Crippen LogP) is 2.09. The third-order valence-electron chi connectivity index (χ3n) is 3.38. The molecule has 0 atom stereocenters. The third kappa shape index (κ3) is 2.35. The van der Waals surface area contributed by atoms with Gasteiger partial charge in [-0.1, -0.05) is 13.0 Å². The van der Waals surface area contributed by atoms with Crippen molar-refractivity contribution in [1.82, 2.24) is 19.7 Å². The lowest BCUT2D eigenvalue weighted by atomic mass is 10.1. The summed E-state index contributed by atoms with van der Waals surface area (Å²) in [7, 11) is 0. The second-order valence-corrected chi connectivity index (χ2v) is 5.92. The van der Waals surface area contributed by atoms with Crippen molar-refractivity contribution in [2.45, 2.75) is 26.4 Å². The van der Waals surface area contributed by atoms with Crippen LogP contribution in [0.25, 0.3) is 0 Å². The normalized spacial score (nSPS) is 13.9. The first kappa shape index (κ1) is 14.2. The molecule has 2 heterocycles. The summed E-state index contributed by atoms with van der Waals surface area (Å²) in [6.45, 7) is 2.91. The zero-order valence-corrected chi connectivity index (χ0v) is 13.6. The molecule has 0 radical (unpaired) electrons. The van der Waals surface area contributed by atoms with Crippen LogP contribution in [0, 0.1) is 3.57 Å². The topological polar surface area (TPSA) is 68.1 Å². The number of imide groups is 1. The molecule has 0 unspecified atom stereocenters. The van der Waals surface area contributed by atoms with Crippen LogP contribution in [0.2, 0.25) is 0 Å². The molecule has 108 valence electrons. The molecular weight excluding hydrogens is 383 g/mol. The lowest BCUT2D eigenvalue weighted by Crippen LogP contribution is -2.30. The number of hydrogen-bond donors (Lipinski definition) is 0. The summed E-state index contributed by atoms with van der Waals surface area (Å²) in [4.78, 5) is 30.3. The van der Waals surface area contributed by atoms with E-state index in [2.05, 4.69) is 32.7 Å². The Hall–Kier alpha value is -1.77. The molecule has 0 spiro atoms. The van der Waals surface area contributed by atoms with Gasteiger partial charge in [0.15, 0.2) is 0 Å². The second kappa shape index (κ2) is 5.55. The Bertz CT molecular complexity index is 726. The molecule has 3 rings (SSSR count). The zero-order valence-electron chi connectivity index (χ0n) is 11.4. The van der Waals surface area contributed by atoms with Gasteiger partial charge in [0, 0.05) is 10.1 Å². The van der Waals surface area contributed by atoms with Crippen molar-refractivity contribution in [3.05, 3.63) is 45.0 Å². The van der Waals surface area contributed by atoms with Gasteiger partial charge in [-0.3, -0.25) is 14.5 Å². The molecule has 1 aliphatic heterocycles. The van der Waals surface area contributed by atoms with Crippen LogP contribution in [0.1, 0.15) is 39.9 Å². The van der Waals surface area contributed by atoms with E-state index >= 15 is 0 Å². The van der Waals surface area contributed by atoms with Crippen molar-refractivity contribution in [2.24, 2.45) is 0 Å². The highest BCUT2D eigenvalue weighted by Crippen LogP contribution is 2.27. The second-order valence-electron chi connectivity index (χ2n) is 4.76. The van der Waals surface area contributed by atoms with Gasteiger partial charge >= 0.3 is 0 Å². The fourth-order valence-electron chi connectivity index (χ4n) is 2.39. The number of nitrogens with zero attached hydrogens (tertiary/aromatic N) is 4. The first-order chi connectivity index (χ1) is 10.1. The highest BCUT2D eigenvalue weighted by atomic mass is 127. The van der Waals surface area contributed by atoms with Crippen LogP contribution in [0.4, 0.5) is 0 Å². The fourth-order valence-corrected chi connectivity index (χ4v) is 3.12. The summed E-state index contributed by atoms with van der Waals surface area (Å²) in [5, 5.41) is 4.12. The van der Waals surface area contributed by atoms with Gasteiger partial charge in [0.25, 0.3) is 11.8 Å². The summed E-state index contributed by atoms with van der Waals surface area (Å²) in [6, 6.07) is 5.30. The van der Waals surface area contributed by atoms with E-state index in [-0.39, 0.29) is 18.4 Å². The van der Waals surface area contributed by atoms with Crippen molar-refractivity contribution in [2.75, 3.05) is 0 Å². The first-order valence-electron chi connectivity index (χ1n) is 6.65. The van der Waals surface area contributed by atoms with E-state index in [4.69, 9.17) is 0 Å². The summed E-state index contributed by atoms with van der Waals surface area (Å²) < 4.78 is 2.52. The quantitative estimate of drug-likeness (QED) is 0.587. The molecular formula is C14H13IN4O2. The van der Waals surface area contributed by atoms with Gasteiger partial charge in [0.05, 0.1) is 17.7 Å². The SMILES string of the molecule is CCCn1ncnc1CN1C(=O)c2cccc(I)c2C1=O. The first-order valence-corrected chi connectivity index (χ1v) is 7.72. The van der Waals surface area contributed by atoms with Crippen LogP contribution < -0.4 is 0 Å². The Morgan fingerprint density at radius 3 is 2.76 bits per heavy atom. The molecule has 0 fully saturated rings. The highest BCUT2D eigenvalue weighted by Gasteiger charge is 2.37. The standard InChI is InChI=1S/C14H13IN4O2/c1-2-6-19-11(16-8-17-19)7-18-13(20)9-4-3-5-10(15)12(9)14(18)21/h3-5,8H,2,6-7H2,1H3. The molecule has 1 aliphatic rings. The van der Waals surface area contributed by atoms with Crippen LogP contribution in [-0.2, 0) is 13.1 Å². The minimum absolute atomic E-state index is 0.155. The van der Waals surface area contributed by atoms with Gasteiger partial charge in [-0.25, -0.2) is 9.67 Å². The monoisotopic (exact) mass is 396 g/mol. The number of hydrogen-bond acceptors (Lipinski definition) is 4. The maximum atomic E-state index is 12.5. The van der Waals surface area contributed by atoms with Crippen molar-refractivity contribution in [3.63, 3.8) is 0 Å². The predicted molar refractivity (Wildman–Crippen MR) is 83.7 cm³/mol. The Morgan fingerprint density at radius 2 is 2.05 bits per heavy atom. The summed E-state index contributed by atoms with van der Waals surface area (Å²) in [6.07, 6.45) is 2.36. The van der Waals surface area contributed by atoms with Gasteiger partial charge in [-0.15, -0.1) is 0 Å². The molecule has 6 nitrogen and oxygen atoms in total. The van der Waals surface area contributed by atoms with Crippen molar-refractivity contribution < 1.29 is 9.59 Å². The van der Waals surface area contributed by atoms with Crippen LogP contribution in [0.3, 0.4) is 0 Å². The number of halogens is 1. The van der Waals surface area contributed by atoms with E-state index in [1.54, 1.807) is 16.8 Å². The van der Waals surface area contributed by atoms with E-state index < -0.39 is 0 Å². The van der Waals surface area contributed by atoms with E-state index in [1.807, 2.05) is 13.0 Å². The van der Waals surface area contributed by atoms with Gasteiger partial charge in [0.1, 0.15) is 12.2 Å². The van der Waals surface area contributed by atoms with E-state index in [0.717, 1.165) is 16.5 Å². The molecule has 7 heteroatoms. The minimum Gasteiger partial charge on any atom is -0.269 e. The molecule has 0 N–H and O–H groups in total. The van der Waals surface area contributed by atoms with Crippen LogP contribution in [0.15, 0.2) is 24.5 Å². The number of amides is 2. The van der Waals surface area contributed by atoms with Crippen molar-refractivity contribution in [1.29, 1.82) is 0 Å². The summed E-state index contributed by atoms with van der Waals surface area (Å²) in [5.74, 6) is 0.104. The molecule has 1 aromatic carbocycles. The number of fused-ring (bicyclic) bond motifs is 1. The molecule has 0 saturated carbocycles. The van der Waals surface area contributed by atoms with Crippen LogP contribution in [-0.4, -0.2) is 31.5 Å². The van der Waals surface area contributed by atoms with E-state index in [9.17, 15) is 9.59 Å². The molecule has 0 aliphatic carbocycles. The highest BCUT2D eigenvalue weighted by molar-refractivity contribution is 14.1. The number of aryl methyl sites for hydroxylation is 1. The molecule has 0 bridgehead atoms. The number of carbonyl (C=O) groups excluding carboxylic acids is 2. The minimum atomic E-state index is -0.264. The molecule has 0 saturated heterocycles. The Balaban J connectivity index is 1.92. The van der Waals surface area contributed by atoms with Gasteiger partial charge in [0.2, 0.25) is 0 Å². The van der Waals surface area contributed by atoms with Gasteiger partial charge in [-0.05, 0) is 41.1 Å². The Morgan fingerprint density at radius 1 is 1.24 bits per heavy atom. The maximum Gasteiger partial charge on any atom is 0.263 e. The fraction of sp³-hybridized carbons (Fsp3) is 0.286. The van der Waals surface area contributed by atoms with E-state index in [1.165, 1.54) is 11.2 Å². The molecule has 1 aromatic heterocycles. The summed E-state index contributed by atoms with van der Waals surface area (Å²) >= 11 is 2.08. The molecule has 2 amide bonds. The zero-order chi connectivity index (χ0) is 15.0. The smallest absolute Gasteiger partial charge is 0.263 e.